The molecular formula is C14H30N2O8Si2. The molecule has 0 saturated heterocycles. The Morgan fingerprint density at radius 1 is 0.615 bits per heavy atom. The maximum Gasteiger partial charge on any atom is 0.500 e. The van der Waals surface area contributed by atoms with Crippen molar-refractivity contribution in [2.45, 2.75) is 24.9 Å². The lowest BCUT2D eigenvalue weighted by Crippen LogP contribution is -2.42. The molecule has 0 bridgehead atoms. The maximum absolute atomic E-state index is 9.76. The number of hydrogen-bond donors (Lipinski definition) is 0. The van der Waals surface area contributed by atoms with Gasteiger partial charge < -0.3 is 26.6 Å². The van der Waals surface area contributed by atoms with Gasteiger partial charge >= 0.3 is 17.6 Å². The Hall–Kier alpha value is -1.05. The number of nitrogens with zero attached hydrogens (tertiary/aromatic N) is 2. The highest BCUT2D eigenvalue weighted by Gasteiger charge is 2.37. The first-order valence-electron chi connectivity index (χ1n) is 7.87. The van der Waals surface area contributed by atoms with E-state index in [0.29, 0.717) is 38.0 Å². The first-order valence-corrected chi connectivity index (χ1v) is 11.7. The van der Waals surface area contributed by atoms with Crippen LogP contribution in [-0.4, -0.2) is 85.5 Å². The molecule has 0 N–H and O–H groups in total. The molecule has 0 fully saturated rings. The maximum atomic E-state index is 9.76. The van der Waals surface area contributed by atoms with E-state index in [1.165, 1.54) is 12.2 Å². The number of isocyanates is 2. The molecule has 26 heavy (non-hydrogen) atoms. The summed E-state index contributed by atoms with van der Waals surface area (Å²) < 4.78 is 31.0. The molecule has 0 heterocycles. The van der Waals surface area contributed by atoms with Crippen LogP contribution in [0.15, 0.2) is 9.98 Å². The van der Waals surface area contributed by atoms with Crippen molar-refractivity contribution < 1.29 is 36.1 Å². The Balaban J connectivity index is 0. The molecule has 0 spiro atoms. The van der Waals surface area contributed by atoms with E-state index in [2.05, 4.69) is 9.98 Å². The molecule has 0 radical (unpaired) electrons. The van der Waals surface area contributed by atoms with Crippen LogP contribution in [-0.2, 0) is 36.1 Å². The highest BCUT2D eigenvalue weighted by atomic mass is 28.4. The summed E-state index contributed by atoms with van der Waals surface area (Å²) in [5, 5.41) is 0. The fraction of sp³-hybridized carbons (Fsp3) is 0.857. The van der Waals surface area contributed by atoms with Gasteiger partial charge in [-0.25, -0.2) is 19.6 Å². The third-order valence-electron chi connectivity index (χ3n) is 3.50. The fourth-order valence-electron chi connectivity index (χ4n) is 1.95. The highest BCUT2D eigenvalue weighted by Crippen LogP contribution is 2.15. The van der Waals surface area contributed by atoms with Crippen LogP contribution in [0, 0.1) is 0 Å². The minimum Gasteiger partial charge on any atom is -0.377 e. The van der Waals surface area contributed by atoms with E-state index < -0.39 is 17.6 Å². The minimum atomic E-state index is -2.46. The largest absolute Gasteiger partial charge is 0.500 e. The molecule has 0 aromatic carbocycles. The molecular weight excluding hydrogens is 380 g/mol. The van der Waals surface area contributed by atoms with E-state index in [9.17, 15) is 9.59 Å². The summed E-state index contributed by atoms with van der Waals surface area (Å²) in [6, 6.07) is 1.31. The van der Waals surface area contributed by atoms with Gasteiger partial charge in [0.05, 0.1) is 13.1 Å². The van der Waals surface area contributed by atoms with Gasteiger partial charge in [0.25, 0.3) is 0 Å². The van der Waals surface area contributed by atoms with E-state index in [1.807, 2.05) is 0 Å². The average Bonchev–Trinajstić information content (AvgIpc) is 2.70. The summed E-state index contributed by atoms with van der Waals surface area (Å²) in [5.41, 5.74) is 0. The summed E-state index contributed by atoms with van der Waals surface area (Å²) in [4.78, 5) is 26.4. The summed E-state index contributed by atoms with van der Waals surface area (Å²) in [5.74, 6) is 0. The fourth-order valence-corrected chi connectivity index (χ4v) is 5.36. The topological polar surface area (TPSA) is 114 Å². The zero-order chi connectivity index (χ0) is 20.3. The van der Waals surface area contributed by atoms with Crippen molar-refractivity contribution >= 4 is 29.8 Å². The van der Waals surface area contributed by atoms with Gasteiger partial charge in [-0.3, -0.25) is 0 Å². The standard InChI is InChI=1S/2C7H15NO4Si/c2*1-10-13(11-2,12-3)6-4-5-8-7-9/h2*4-6H2,1-3H3. The highest BCUT2D eigenvalue weighted by molar-refractivity contribution is 6.60. The first-order chi connectivity index (χ1) is 12.5. The van der Waals surface area contributed by atoms with E-state index in [-0.39, 0.29) is 0 Å². The Morgan fingerprint density at radius 3 is 1.08 bits per heavy atom. The third-order valence-corrected chi connectivity index (χ3v) is 9.16. The lowest BCUT2D eigenvalue weighted by atomic mass is 10.5. The van der Waals surface area contributed by atoms with Gasteiger partial charge in [0.1, 0.15) is 0 Å². The Morgan fingerprint density at radius 2 is 0.885 bits per heavy atom. The second kappa shape index (κ2) is 17.4. The van der Waals surface area contributed by atoms with E-state index in [4.69, 9.17) is 26.6 Å². The van der Waals surface area contributed by atoms with Crippen LogP contribution >= 0.6 is 0 Å². The number of rotatable bonds is 14. The Labute approximate surface area is 157 Å². The van der Waals surface area contributed by atoms with Gasteiger partial charge in [-0.15, -0.1) is 0 Å². The molecule has 10 nitrogen and oxygen atoms in total. The van der Waals surface area contributed by atoms with Gasteiger partial charge in [-0.1, -0.05) is 0 Å². The van der Waals surface area contributed by atoms with Crippen LogP contribution in [0.5, 0.6) is 0 Å². The quantitative estimate of drug-likeness (QED) is 0.181. The van der Waals surface area contributed by atoms with Crippen molar-refractivity contribution in [2.75, 3.05) is 55.7 Å². The molecule has 0 aliphatic rings. The predicted octanol–water partition coefficient (Wildman–Crippen LogP) is 1.18. The van der Waals surface area contributed by atoms with Crippen molar-refractivity contribution in [1.82, 2.24) is 0 Å². The molecule has 0 amide bonds. The molecule has 0 rings (SSSR count). The molecule has 152 valence electrons. The van der Waals surface area contributed by atoms with Crippen LogP contribution in [0.3, 0.4) is 0 Å². The van der Waals surface area contributed by atoms with E-state index in [0.717, 1.165) is 0 Å². The average molecular weight is 411 g/mol. The van der Waals surface area contributed by atoms with Crippen LogP contribution in [0.4, 0.5) is 0 Å². The number of aliphatic imine (C=N–C) groups is 2. The molecule has 0 unspecified atom stereocenters. The number of hydrogen-bond acceptors (Lipinski definition) is 10. The smallest absolute Gasteiger partial charge is 0.377 e. The first kappa shape index (κ1) is 27.2. The zero-order valence-corrected chi connectivity index (χ0v) is 18.4. The Kier molecular flexibility index (Phi) is 18.2. The third kappa shape index (κ3) is 11.5. The molecule has 0 atom stereocenters. The summed E-state index contributed by atoms with van der Waals surface area (Å²) in [7, 11) is 4.43. The monoisotopic (exact) mass is 410 g/mol. The van der Waals surface area contributed by atoms with Crippen LogP contribution in [0.2, 0.25) is 12.1 Å². The van der Waals surface area contributed by atoms with Gasteiger partial charge in [0.15, 0.2) is 0 Å². The van der Waals surface area contributed by atoms with Gasteiger partial charge in [0, 0.05) is 54.7 Å². The van der Waals surface area contributed by atoms with Crippen LogP contribution < -0.4 is 0 Å². The van der Waals surface area contributed by atoms with Crippen LogP contribution in [0.1, 0.15) is 12.8 Å². The minimum absolute atomic E-state index is 0.439. The Bertz CT molecular complexity index is 378. The lowest BCUT2D eigenvalue weighted by molar-refractivity contribution is 0.122. The lowest BCUT2D eigenvalue weighted by Gasteiger charge is -2.23. The summed E-state index contributed by atoms with van der Waals surface area (Å²) in [6.07, 6.45) is 4.36. The van der Waals surface area contributed by atoms with Crippen LogP contribution in [0.25, 0.3) is 0 Å². The normalized spacial score (nSPS) is 11.0. The molecule has 0 aromatic rings. The summed E-state index contributed by atoms with van der Waals surface area (Å²) in [6.45, 7) is 0.878. The molecule has 0 aromatic heterocycles. The van der Waals surface area contributed by atoms with Crippen molar-refractivity contribution in [3.05, 3.63) is 0 Å². The molecule has 0 aliphatic carbocycles. The number of carbonyl (C=O) groups excluding carboxylic acids is 2. The second-order valence-electron chi connectivity index (χ2n) is 4.74. The molecule has 0 aliphatic heterocycles. The van der Waals surface area contributed by atoms with Gasteiger partial charge in [0.2, 0.25) is 12.2 Å². The van der Waals surface area contributed by atoms with E-state index >= 15 is 0 Å². The van der Waals surface area contributed by atoms with Crippen molar-refractivity contribution in [3.63, 3.8) is 0 Å². The van der Waals surface area contributed by atoms with Crippen molar-refractivity contribution in [3.8, 4) is 0 Å². The van der Waals surface area contributed by atoms with Crippen molar-refractivity contribution in [2.24, 2.45) is 9.98 Å². The summed E-state index contributed by atoms with van der Waals surface area (Å²) >= 11 is 0. The van der Waals surface area contributed by atoms with Crippen molar-refractivity contribution in [1.29, 1.82) is 0 Å². The van der Waals surface area contributed by atoms with Gasteiger partial charge in [-0.05, 0) is 12.8 Å². The molecule has 0 saturated carbocycles. The predicted molar refractivity (Wildman–Crippen MR) is 98.4 cm³/mol. The SMILES string of the molecule is CO[Si](CCCN=C=O)(OC)OC.CO[Si](CCCN=C=O)(OC)OC. The van der Waals surface area contributed by atoms with Gasteiger partial charge in [-0.2, -0.15) is 0 Å². The van der Waals surface area contributed by atoms with E-state index in [1.54, 1.807) is 42.7 Å². The second-order valence-corrected chi connectivity index (χ2v) is 10.9. The zero-order valence-electron chi connectivity index (χ0n) is 16.4. The molecule has 12 heteroatoms.